The number of nitrogens with zero attached hydrogens (tertiary/aromatic N) is 8. The quantitative estimate of drug-likeness (QED) is 0.0985. The number of rotatable bonds is 12. The van der Waals surface area contributed by atoms with Crippen LogP contribution in [0, 0.1) is 0 Å². The molecule has 0 aliphatic heterocycles. The minimum atomic E-state index is -3.65. The van der Waals surface area contributed by atoms with Gasteiger partial charge in [-0.1, -0.05) is 13.2 Å². The van der Waals surface area contributed by atoms with Gasteiger partial charge in [0.05, 0.1) is 51.2 Å². The lowest BCUT2D eigenvalue weighted by molar-refractivity contribution is 0.201. The molecule has 2 unspecified atom stereocenters. The van der Waals surface area contributed by atoms with Crippen molar-refractivity contribution in [3.05, 3.63) is 37.0 Å². The minimum Gasteiger partial charge on any atom is -0.394 e. The van der Waals surface area contributed by atoms with Crippen molar-refractivity contribution < 1.29 is 23.8 Å². The number of anilines is 4. The van der Waals surface area contributed by atoms with E-state index in [4.69, 9.17) is 32.0 Å². The Hall–Kier alpha value is -4.15. The maximum absolute atomic E-state index is 13.0. The van der Waals surface area contributed by atoms with Crippen molar-refractivity contribution >= 4 is 53.5 Å². The van der Waals surface area contributed by atoms with Crippen LogP contribution in [0.4, 0.5) is 23.5 Å². The monoisotopic (exact) mass is 560 g/mol. The Bertz CT molecular complexity index is 1490. The Morgan fingerprint density at radius 1 is 0.846 bits per heavy atom. The molecule has 208 valence electrons. The average Bonchev–Trinajstić information content (AvgIpc) is 3.48. The summed E-state index contributed by atoms with van der Waals surface area (Å²) >= 11 is 0. The molecule has 0 bridgehead atoms. The zero-order valence-corrected chi connectivity index (χ0v) is 21.9. The number of hydrogen-bond acceptors (Lipinski definition) is 15. The second kappa shape index (κ2) is 10.9. The Labute approximate surface area is 221 Å². The van der Waals surface area contributed by atoms with Gasteiger partial charge in [-0.25, -0.2) is 9.97 Å². The van der Waals surface area contributed by atoms with E-state index >= 15 is 0 Å². The molecule has 0 aliphatic rings. The first-order valence-corrected chi connectivity index (χ1v) is 13.4. The number of hydrogen-bond donors (Lipinski definition) is 6. The van der Waals surface area contributed by atoms with Crippen molar-refractivity contribution in [2.24, 2.45) is 0 Å². The molecular weight excluding hydrogens is 531 g/mol. The lowest BCUT2D eigenvalue weighted by Crippen LogP contribution is -2.19. The van der Waals surface area contributed by atoms with Crippen molar-refractivity contribution in [2.45, 2.75) is 12.1 Å². The normalized spacial score (nSPS) is 14.8. The van der Waals surface area contributed by atoms with Crippen LogP contribution in [0.1, 0.15) is 12.1 Å². The third kappa shape index (κ3) is 5.67. The van der Waals surface area contributed by atoms with E-state index < -0.39 is 32.9 Å². The molecule has 0 spiro atoms. The minimum absolute atomic E-state index is 0.0590. The number of aromatic nitrogens is 8. The van der Waals surface area contributed by atoms with E-state index in [2.05, 4.69) is 43.1 Å². The Balaban J connectivity index is 1.41. The van der Waals surface area contributed by atoms with Gasteiger partial charge in [-0.15, -0.1) is 0 Å². The number of fused-ring (bicyclic) bond motifs is 2. The summed E-state index contributed by atoms with van der Waals surface area (Å²) in [5.41, 5.74) is 25.0. The summed E-state index contributed by atoms with van der Waals surface area (Å²) in [6, 6.07) is -1.48. The van der Waals surface area contributed by atoms with Gasteiger partial charge in [0.25, 0.3) is 0 Å². The molecule has 39 heavy (non-hydrogen) atoms. The SMILES string of the molecule is C=C(COP(C)(=O)OCC(=C)C(CO)n1cnc2c(N)nc(N)nc21)C(CO)n1cnc2c(N)nc(N)nc21. The number of aliphatic hydroxyl groups is 2. The highest BCUT2D eigenvalue weighted by atomic mass is 31.2. The van der Waals surface area contributed by atoms with Crippen molar-refractivity contribution in [1.82, 2.24) is 39.0 Å². The molecule has 0 radical (unpaired) electrons. The van der Waals surface area contributed by atoms with E-state index in [1.165, 1.54) is 28.5 Å². The van der Waals surface area contributed by atoms with E-state index in [0.29, 0.717) is 33.5 Å². The predicted molar refractivity (Wildman–Crippen MR) is 144 cm³/mol. The van der Waals surface area contributed by atoms with E-state index in [1.54, 1.807) is 0 Å². The fourth-order valence-electron chi connectivity index (χ4n) is 3.83. The van der Waals surface area contributed by atoms with Crippen LogP contribution in [-0.4, -0.2) is 82.3 Å². The van der Waals surface area contributed by atoms with Crippen LogP contribution < -0.4 is 22.9 Å². The Morgan fingerprint density at radius 3 is 1.59 bits per heavy atom. The van der Waals surface area contributed by atoms with Crippen molar-refractivity contribution in [3.63, 3.8) is 0 Å². The van der Waals surface area contributed by atoms with Crippen LogP contribution in [0.5, 0.6) is 0 Å². The van der Waals surface area contributed by atoms with Crippen molar-refractivity contribution in [2.75, 3.05) is 56.0 Å². The molecule has 4 rings (SSSR count). The van der Waals surface area contributed by atoms with Gasteiger partial charge >= 0.3 is 7.60 Å². The largest absolute Gasteiger partial charge is 0.394 e. The lowest BCUT2D eigenvalue weighted by atomic mass is 10.1. The second-order valence-electron chi connectivity index (χ2n) is 8.61. The molecule has 4 aromatic rings. The van der Waals surface area contributed by atoms with Gasteiger partial charge in [0.2, 0.25) is 11.9 Å². The first-order valence-electron chi connectivity index (χ1n) is 11.4. The van der Waals surface area contributed by atoms with E-state index in [1.807, 2.05) is 0 Å². The van der Waals surface area contributed by atoms with Gasteiger partial charge in [-0.3, -0.25) is 4.57 Å². The van der Waals surface area contributed by atoms with Crippen LogP contribution in [-0.2, 0) is 13.6 Å². The summed E-state index contributed by atoms with van der Waals surface area (Å²) in [6.45, 7) is 7.92. The molecule has 0 aromatic carbocycles. The first kappa shape index (κ1) is 27.9. The highest BCUT2D eigenvalue weighted by Crippen LogP contribution is 2.45. The van der Waals surface area contributed by atoms with E-state index in [0.717, 1.165) is 0 Å². The van der Waals surface area contributed by atoms with Gasteiger partial charge < -0.3 is 51.3 Å². The maximum Gasteiger partial charge on any atom is 0.328 e. The lowest BCUT2D eigenvalue weighted by Gasteiger charge is -2.23. The highest BCUT2D eigenvalue weighted by Gasteiger charge is 2.25. The van der Waals surface area contributed by atoms with Gasteiger partial charge in [-0.2, -0.15) is 19.9 Å². The zero-order chi connectivity index (χ0) is 28.5. The summed E-state index contributed by atoms with van der Waals surface area (Å²) in [7, 11) is -3.65. The topological polar surface area (TPSA) is 267 Å². The van der Waals surface area contributed by atoms with Gasteiger partial charge in [0.1, 0.15) is 11.0 Å². The summed E-state index contributed by atoms with van der Waals surface area (Å²) < 4.78 is 27.1. The number of imidazole rings is 2. The maximum atomic E-state index is 13.0. The van der Waals surface area contributed by atoms with Gasteiger partial charge in [0.15, 0.2) is 22.9 Å². The highest BCUT2D eigenvalue weighted by molar-refractivity contribution is 7.52. The van der Waals surface area contributed by atoms with Crippen molar-refractivity contribution in [1.29, 1.82) is 0 Å². The Kier molecular flexibility index (Phi) is 7.80. The third-order valence-electron chi connectivity index (χ3n) is 5.86. The summed E-state index contributed by atoms with van der Waals surface area (Å²) in [5, 5.41) is 20.0. The molecule has 4 aromatic heterocycles. The van der Waals surface area contributed by atoms with Crippen LogP contribution in [0.3, 0.4) is 0 Å². The predicted octanol–water partition coefficient (Wildman–Crippen LogP) is 0.0303. The molecule has 10 N–H and O–H groups in total. The molecule has 0 aliphatic carbocycles. The second-order valence-corrected chi connectivity index (χ2v) is 10.7. The fraction of sp³-hybridized carbons (Fsp3) is 0.333. The standard InChI is InChI=1S/C21H29N12O5P/c1-10(12(4-34)32-8-26-14-16(22)28-20(24)30-18(14)32)6-37-39(3,36)38-7-11(2)13(5-35)33-9-27-15-17(23)29-21(25)31-19(15)33/h8-9,12-13,34-35H,1-2,4-7H2,3H3,(H4,22,24,28,30)(H4,23,25,29,31). The molecule has 0 amide bonds. The van der Waals surface area contributed by atoms with Crippen LogP contribution in [0.2, 0.25) is 0 Å². The third-order valence-corrected chi connectivity index (χ3v) is 7.06. The van der Waals surface area contributed by atoms with Crippen molar-refractivity contribution in [3.8, 4) is 0 Å². The van der Waals surface area contributed by atoms with Gasteiger partial charge in [0, 0.05) is 6.66 Å². The number of nitrogens with two attached hydrogens (primary N) is 4. The first-order chi connectivity index (χ1) is 18.5. The molecule has 17 nitrogen and oxygen atoms in total. The fourth-order valence-corrected chi connectivity index (χ4v) is 4.70. The summed E-state index contributed by atoms with van der Waals surface area (Å²) in [5.74, 6) is 0.0593. The van der Waals surface area contributed by atoms with Crippen LogP contribution in [0.15, 0.2) is 37.0 Å². The Morgan fingerprint density at radius 2 is 1.23 bits per heavy atom. The zero-order valence-electron chi connectivity index (χ0n) is 21.0. The number of nitrogen functional groups attached to an aromatic ring is 4. The van der Waals surface area contributed by atoms with E-state index in [9.17, 15) is 14.8 Å². The number of aliphatic hydroxyl groups excluding tert-OH is 2. The summed E-state index contributed by atoms with van der Waals surface area (Å²) in [6.07, 6.45) is 2.82. The molecule has 2 atom stereocenters. The molecular formula is C21H29N12O5P. The smallest absolute Gasteiger partial charge is 0.328 e. The molecule has 0 saturated heterocycles. The van der Waals surface area contributed by atoms with Gasteiger partial charge in [-0.05, 0) is 11.1 Å². The molecule has 18 heteroatoms. The average molecular weight is 561 g/mol. The van der Waals surface area contributed by atoms with Crippen LogP contribution in [0.25, 0.3) is 22.3 Å². The molecule has 0 saturated carbocycles. The molecule has 0 fully saturated rings. The molecule has 4 heterocycles. The van der Waals surface area contributed by atoms with E-state index in [-0.39, 0.29) is 36.7 Å². The summed E-state index contributed by atoms with van der Waals surface area (Å²) in [4.78, 5) is 24.3. The van der Waals surface area contributed by atoms with Crippen LogP contribution >= 0.6 is 7.60 Å².